The van der Waals surface area contributed by atoms with Crippen molar-refractivity contribution in [1.29, 1.82) is 0 Å². The summed E-state index contributed by atoms with van der Waals surface area (Å²) in [5, 5.41) is 18.0. The zero-order chi connectivity index (χ0) is 34.0. The van der Waals surface area contributed by atoms with Crippen molar-refractivity contribution in [3.05, 3.63) is 131 Å². The van der Waals surface area contributed by atoms with Gasteiger partial charge < -0.3 is 25.8 Å². The molecule has 0 aliphatic heterocycles. The number of fused-ring (bicyclic) bond motifs is 3. The molecule has 4 aromatic rings. The fourth-order valence-corrected chi connectivity index (χ4v) is 6.11. The molecular weight excluding hydrogens is 606 g/mol. The first-order valence-electron chi connectivity index (χ1n) is 16.3. The number of benzene rings is 4. The highest BCUT2D eigenvalue weighted by atomic mass is 16.5. The Kier molecular flexibility index (Phi) is 11.2. The molecule has 9 heteroatoms. The van der Waals surface area contributed by atoms with Gasteiger partial charge in [0.1, 0.15) is 24.7 Å². The van der Waals surface area contributed by atoms with E-state index in [1.165, 1.54) is 0 Å². The van der Waals surface area contributed by atoms with Crippen molar-refractivity contribution in [1.82, 2.24) is 16.0 Å². The molecular formula is C39H41N3O6. The van der Waals surface area contributed by atoms with E-state index >= 15 is 0 Å². The van der Waals surface area contributed by atoms with Gasteiger partial charge in [-0.3, -0.25) is 9.59 Å². The minimum Gasteiger partial charge on any atom is -0.480 e. The number of carboxylic acid groups (broad SMARTS) is 1. The molecule has 0 heterocycles. The van der Waals surface area contributed by atoms with E-state index in [0.717, 1.165) is 33.4 Å². The van der Waals surface area contributed by atoms with Crippen LogP contribution < -0.4 is 16.0 Å². The predicted octanol–water partition coefficient (Wildman–Crippen LogP) is 5.48. The maximum Gasteiger partial charge on any atom is 0.407 e. The van der Waals surface area contributed by atoms with Crippen LogP contribution in [0.15, 0.2) is 109 Å². The molecule has 0 aromatic heterocycles. The standard InChI is InChI=1S/C39H41N3O6/c1-3-25(2)35(37(44)40-34(38(45)46)23-27-16-8-5-9-17-27)42-36(43)33(22-26-14-6-4-7-15-26)41-39(47)48-24-32-30-20-12-10-18-28(30)29-19-11-13-21-31(29)32/h4-21,25,32-35H,3,22-24H2,1-2H3,(H,40,44)(H,41,47)(H,42,43)(H,45,46)/t25-,33-,34-,35-/m0/s1. The smallest absolute Gasteiger partial charge is 0.407 e. The van der Waals surface area contributed by atoms with Crippen LogP contribution in [0.4, 0.5) is 4.79 Å². The number of hydrogen-bond donors (Lipinski definition) is 4. The highest BCUT2D eigenvalue weighted by molar-refractivity contribution is 5.93. The Bertz CT molecular complexity index is 1680. The van der Waals surface area contributed by atoms with E-state index in [-0.39, 0.29) is 31.3 Å². The number of rotatable bonds is 14. The third-order valence-corrected chi connectivity index (χ3v) is 8.93. The normalized spacial score (nSPS) is 14.4. The van der Waals surface area contributed by atoms with Crippen molar-refractivity contribution in [3.8, 4) is 11.1 Å². The molecule has 48 heavy (non-hydrogen) atoms. The Morgan fingerprint density at radius 3 is 1.69 bits per heavy atom. The van der Waals surface area contributed by atoms with Crippen LogP contribution in [0.1, 0.15) is 48.4 Å². The van der Waals surface area contributed by atoms with Crippen LogP contribution in [0.25, 0.3) is 11.1 Å². The molecule has 4 aromatic carbocycles. The van der Waals surface area contributed by atoms with Crippen molar-refractivity contribution in [2.24, 2.45) is 5.92 Å². The molecule has 1 aliphatic rings. The summed E-state index contributed by atoms with van der Waals surface area (Å²) < 4.78 is 5.74. The molecule has 248 valence electrons. The minimum absolute atomic E-state index is 0.0788. The summed E-state index contributed by atoms with van der Waals surface area (Å²) in [6.07, 6.45) is 0.0182. The van der Waals surface area contributed by atoms with Crippen LogP contribution in [0.2, 0.25) is 0 Å². The lowest BCUT2D eigenvalue weighted by Gasteiger charge is -2.28. The van der Waals surface area contributed by atoms with Crippen LogP contribution in [-0.2, 0) is 32.0 Å². The number of ether oxygens (including phenoxy) is 1. The third kappa shape index (κ3) is 8.28. The van der Waals surface area contributed by atoms with Gasteiger partial charge in [-0.25, -0.2) is 9.59 Å². The van der Waals surface area contributed by atoms with E-state index in [1.807, 2.05) is 86.6 Å². The summed E-state index contributed by atoms with van der Waals surface area (Å²) in [4.78, 5) is 52.7. The Hall–Kier alpha value is -5.44. The maximum absolute atomic E-state index is 13.8. The van der Waals surface area contributed by atoms with Gasteiger partial charge in [0.05, 0.1) is 0 Å². The molecule has 0 bridgehead atoms. The van der Waals surface area contributed by atoms with Crippen molar-refractivity contribution < 1.29 is 29.0 Å². The second-order valence-electron chi connectivity index (χ2n) is 12.2. The lowest BCUT2D eigenvalue weighted by atomic mass is 9.96. The van der Waals surface area contributed by atoms with Crippen LogP contribution in [0.5, 0.6) is 0 Å². The number of alkyl carbamates (subject to hydrolysis) is 1. The summed E-state index contributed by atoms with van der Waals surface area (Å²) in [5.41, 5.74) is 5.90. The quantitative estimate of drug-likeness (QED) is 0.143. The molecule has 0 radical (unpaired) electrons. The first-order valence-corrected chi connectivity index (χ1v) is 16.3. The Labute approximate surface area is 280 Å². The van der Waals surface area contributed by atoms with Gasteiger partial charge in [0.2, 0.25) is 11.8 Å². The summed E-state index contributed by atoms with van der Waals surface area (Å²) >= 11 is 0. The van der Waals surface area contributed by atoms with E-state index in [0.29, 0.717) is 6.42 Å². The highest BCUT2D eigenvalue weighted by Crippen LogP contribution is 2.44. The SMILES string of the molecule is CC[C@H](C)[C@H](NC(=O)[C@H](Cc1ccccc1)NC(=O)OCC1c2ccccc2-c2ccccc21)C(=O)N[C@@H](Cc1ccccc1)C(=O)O. The molecule has 0 saturated carbocycles. The molecule has 0 spiro atoms. The largest absolute Gasteiger partial charge is 0.480 e. The van der Waals surface area contributed by atoms with E-state index < -0.39 is 42.0 Å². The Balaban J connectivity index is 1.29. The average molecular weight is 648 g/mol. The predicted molar refractivity (Wildman–Crippen MR) is 183 cm³/mol. The lowest BCUT2D eigenvalue weighted by Crippen LogP contribution is -2.58. The van der Waals surface area contributed by atoms with Gasteiger partial charge in [-0.05, 0) is 39.3 Å². The Morgan fingerprint density at radius 1 is 0.667 bits per heavy atom. The van der Waals surface area contributed by atoms with Crippen LogP contribution >= 0.6 is 0 Å². The maximum atomic E-state index is 13.8. The number of nitrogens with one attached hydrogen (secondary N) is 3. The van der Waals surface area contributed by atoms with Gasteiger partial charge >= 0.3 is 12.1 Å². The van der Waals surface area contributed by atoms with Gasteiger partial charge in [-0.15, -0.1) is 0 Å². The van der Waals surface area contributed by atoms with Crippen molar-refractivity contribution in [3.63, 3.8) is 0 Å². The van der Waals surface area contributed by atoms with Gasteiger partial charge in [0.25, 0.3) is 0 Å². The number of carboxylic acids is 1. The summed E-state index contributed by atoms with van der Waals surface area (Å²) in [7, 11) is 0. The zero-order valence-electron chi connectivity index (χ0n) is 27.1. The number of amides is 3. The number of aliphatic carboxylic acids is 1. The van der Waals surface area contributed by atoms with Crippen LogP contribution in [0, 0.1) is 5.92 Å². The minimum atomic E-state index is -1.19. The lowest BCUT2D eigenvalue weighted by molar-refractivity contribution is -0.142. The van der Waals surface area contributed by atoms with E-state index in [2.05, 4.69) is 28.1 Å². The fourth-order valence-electron chi connectivity index (χ4n) is 6.11. The molecule has 5 rings (SSSR count). The van der Waals surface area contributed by atoms with E-state index in [4.69, 9.17) is 4.74 Å². The van der Waals surface area contributed by atoms with Gasteiger partial charge in [-0.2, -0.15) is 0 Å². The molecule has 0 saturated heterocycles. The number of hydrogen-bond acceptors (Lipinski definition) is 5. The molecule has 0 unspecified atom stereocenters. The molecule has 9 nitrogen and oxygen atoms in total. The zero-order valence-corrected chi connectivity index (χ0v) is 27.1. The summed E-state index contributed by atoms with van der Waals surface area (Å²) in [6, 6.07) is 31.0. The number of carbonyl (C=O) groups excluding carboxylic acids is 3. The second kappa shape index (κ2) is 15.9. The molecule has 4 atom stereocenters. The Morgan fingerprint density at radius 2 is 1.17 bits per heavy atom. The van der Waals surface area contributed by atoms with Gasteiger partial charge in [0.15, 0.2) is 0 Å². The first-order chi connectivity index (χ1) is 23.2. The fraction of sp³-hybridized carbons (Fsp3) is 0.282. The second-order valence-corrected chi connectivity index (χ2v) is 12.2. The number of carbonyl (C=O) groups is 4. The molecule has 3 amide bonds. The third-order valence-electron chi connectivity index (χ3n) is 8.93. The average Bonchev–Trinajstić information content (AvgIpc) is 3.43. The molecule has 4 N–H and O–H groups in total. The molecule has 1 aliphatic carbocycles. The van der Waals surface area contributed by atoms with Crippen molar-refractivity contribution >= 4 is 23.9 Å². The summed E-state index contributed by atoms with van der Waals surface area (Å²) in [5.74, 6) is -2.85. The van der Waals surface area contributed by atoms with Crippen molar-refractivity contribution in [2.75, 3.05) is 6.61 Å². The van der Waals surface area contributed by atoms with Gasteiger partial charge in [0, 0.05) is 18.8 Å². The highest BCUT2D eigenvalue weighted by Gasteiger charge is 2.33. The van der Waals surface area contributed by atoms with Crippen molar-refractivity contribution in [2.45, 2.75) is 57.2 Å². The van der Waals surface area contributed by atoms with E-state index in [9.17, 15) is 24.3 Å². The monoisotopic (exact) mass is 647 g/mol. The molecule has 0 fully saturated rings. The van der Waals surface area contributed by atoms with E-state index in [1.54, 1.807) is 24.3 Å². The van der Waals surface area contributed by atoms with Gasteiger partial charge in [-0.1, -0.05) is 129 Å². The van der Waals surface area contributed by atoms with Crippen LogP contribution in [-0.4, -0.2) is 53.7 Å². The first kappa shape index (κ1) is 33.9. The summed E-state index contributed by atoms with van der Waals surface area (Å²) in [6.45, 7) is 3.77. The van der Waals surface area contributed by atoms with Crippen LogP contribution in [0.3, 0.4) is 0 Å². The topological polar surface area (TPSA) is 134 Å².